The zero-order valence-corrected chi connectivity index (χ0v) is 13.6. The Hall–Kier alpha value is -1.51. The molecule has 0 aliphatic heterocycles. The van der Waals surface area contributed by atoms with Gasteiger partial charge in [-0.15, -0.1) is 0 Å². The Balaban J connectivity index is 2.65. The molecule has 1 aromatic carbocycles. The molecule has 0 unspecified atom stereocenters. The van der Waals surface area contributed by atoms with E-state index < -0.39 is 16.1 Å². The minimum atomic E-state index is -3.35. The predicted octanol–water partition coefficient (Wildman–Crippen LogP) is 1.33. The van der Waals surface area contributed by atoms with Crippen molar-refractivity contribution in [3.63, 3.8) is 0 Å². The first-order valence-corrected chi connectivity index (χ1v) is 8.12. The van der Waals surface area contributed by atoms with E-state index in [4.69, 9.17) is 16.3 Å². The molecule has 0 saturated carbocycles. The van der Waals surface area contributed by atoms with Crippen LogP contribution >= 0.6 is 11.6 Å². The van der Waals surface area contributed by atoms with Crippen LogP contribution in [0.1, 0.15) is 5.56 Å². The maximum atomic E-state index is 11.7. The number of rotatable bonds is 6. The van der Waals surface area contributed by atoms with Crippen LogP contribution in [0.25, 0.3) is 0 Å². The smallest absolute Gasteiger partial charge is 0.319 e. The van der Waals surface area contributed by atoms with Crippen molar-refractivity contribution in [1.82, 2.24) is 10.0 Å². The van der Waals surface area contributed by atoms with E-state index in [1.54, 1.807) is 19.1 Å². The summed E-state index contributed by atoms with van der Waals surface area (Å²) in [6, 6.07) is 2.74. The molecule has 0 spiro atoms. The number of ether oxygens (including phenoxy) is 1. The molecule has 1 rings (SSSR count). The van der Waals surface area contributed by atoms with Crippen molar-refractivity contribution in [2.45, 2.75) is 6.92 Å². The van der Waals surface area contributed by atoms with Crippen molar-refractivity contribution in [2.24, 2.45) is 0 Å². The van der Waals surface area contributed by atoms with Gasteiger partial charge in [-0.3, -0.25) is 0 Å². The Morgan fingerprint density at radius 3 is 2.62 bits per heavy atom. The first kappa shape index (κ1) is 17.5. The van der Waals surface area contributed by atoms with Gasteiger partial charge in [-0.25, -0.2) is 17.9 Å². The van der Waals surface area contributed by atoms with Gasteiger partial charge in [0, 0.05) is 17.6 Å². The summed E-state index contributed by atoms with van der Waals surface area (Å²) in [5.74, 6) is 0.219. The summed E-state index contributed by atoms with van der Waals surface area (Å²) < 4.78 is 29.7. The third kappa shape index (κ3) is 5.41. The number of carbonyl (C=O) groups is 1. The van der Waals surface area contributed by atoms with E-state index >= 15 is 0 Å². The summed E-state index contributed by atoms with van der Waals surface area (Å²) in [5.41, 5.74) is 1.24. The molecule has 0 bridgehead atoms. The summed E-state index contributed by atoms with van der Waals surface area (Å²) in [6.07, 6.45) is 0. The van der Waals surface area contributed by atoms with Gasteiger partial charge in [0.05, 0.1) is 18.6 Å². The number of methoxy groups -OCH3 is 1. The maximum Gasteiger partial charge on any atom is 0.319 e. The largest absolute Gasteiger partial charge is 0.495 e. The highest BCUT2D eigenvalue weighted by Crippen LogP contribution is 2.30. The van der Waals surface area contributed by atoms with Gasteiger partial charge < -0.3 is 15.4 Å². The van der Waals surface area contributed by atoms with Crippen molar-refractivity contribution < 1.29 is 17.9 Å². The molecule has 2 amide bonds. The lowest BCUT2D eigenvalue weighted by Crippen LogP contribution is -2.35. The number of hydrogen-bond donors (Lipinski definition) is 3. The van der Waals surface area contributed by atoms with Crippen molar-refractivity contribution in [3.8, 4) is 5.75 Å². The number of halogens is 1. The van der Waals surface area contributed by atoms with Crippen molar-refractivity contribution in [3.05, 3.63) is 22.7 Å². The Morgan fingerprint density at radius 1 is 1.38 bits per heavy atom. The molecular weight excluding hydrogens is 318 g/mol. The predicted molar refractivity (Wildman–Crippen MR) is 82.6 cm³/mol. The molecule has 0 fully saturated rings. The lowest BCUT2D eigenvalue weighted by molar-refractivity contribution is 0.252. The van der Waals surface area contributed by atoms with Gasteiger partial charge in [0.2, 0.25) is 10.0 Å². The molecule has 0 saturated heterocycles. The molecule has 118 valence electrons. The second-order valence-corrected chi connectivity index (χ2v) is 6.66. The van der Waals surface area contributed by atoms with Crippen LogP contribution in [0, 0.1) is 6.92 Å². The van der Waals surface area contributed by atoms with Gasteiger partial charge in [-0.2, -0.15) is 0 Å². The average molecular weight is 336 g/mol. The van der Waals surface area contributed by atoms with Crippen LogP contribution < -0.4 is 20.1 Å². The van der Waals surface area contributed by atoms with Crippen LogP contribution in [0.2, 0.25) is 5.02 Å². The number of aryl methyl sites for hydroxylation is 1. The van der Waals surface area contributed by atoms with Crippen LogP contribution in [0.15, 0.2) is 12.1 Å². The first-order chi connectivity index (χ1) is 9.79. The van der Waals surface area contributed by atoms with Crippen LogP contribution in [0.3, 0.4) is 0 Å². The van der Waals surface area contributed by atoms with Gasteiger partial charge in [0.15, 0.2) is 0 Å². The van der Waals surface area contributed by atoms with Crippen molar-refractivity contribution in [2.75, 3.05) is 31.8 Å². The Bertz CT molecular complexity index is 619. The van der Waals surface area contributed by atoms with Gasteiger partial charge in [-0.05, 0) is 25.6 Å². The third-order valence-electron chi connectivity index (χ3n) is 2.70. The minimum absolute atomic E-state index is 0.0100. The fourth-order valence-corrected chi connectivity index (χ4v) is 2.23. The van der Waals surface area contributed by atoms with E-state index in [-0.39, 0.29) is 12.3 Å². The lowest BCUT2D eigenvalue weighted by Gasteiger charge is -2.13. The average Bonchev–Trinajstić information content (AvgIpc) is 2.42. The molecule has 7 nitrogen and oxygen atoms in total. The molecule has 21 heavy (non-hydrogen) atoms. The second-order valence-electron chi connectivity index (χ2n) is 4.21. The Morgan fingerprint density at radius 2 is 2.05 bits per heavy atom. The maximum absolute atomic E-state index is 11.7. The quantitative estimate of drug-likeness (QED) is 0.730. The van der Waals surface area contributed by atoms with Gasteiger partial charge in [-0.1, -0.05) is 11.6 Å². The lowest BCUT2D eigenvalue weighted by atomic mass is 10.2. The van der Waals surface area contributed by atoms with Gasteiger partial charge in [0.1, 0.15) is 5.75 Å². The number of anilines is 1. The van der Waals surface area contributed by atoms with Gasteiger partial charge >= 0.3 is 6.03 Å². The summed E-state index contributed by atoms with van der Waals surface area (Å²) in [4.78, 5) is 11.7. The molecule has 0 radical (unpaired) electrons. The van der Waals surface area contributed by atoms with E-state index in [2.05, 4.69) is 15.4 Å². The highest BCUT2D eigenvalue weighted by atomic mass is 35.5. The molecule has 0 atom stereocenters. The van der Waals surface area contributed by atoms with Crippen molar-refractivity contribution >= 4 is 33.3 Å². The summed E-state index contributed by atoms with van der Waals surface area (Å²) in [5, 5.41) is 5.56. The summed E-state index contributed by atoms with van der Waals surface area (Å²) >= 11 is 5.97. The number of sulfonamides is 1. The number of hydrogen-bond acceptors (Lipinski definition) is 4. The molecule has 0 aromatic heterocycles. The van der Waals surface area contributed by atoms with Crippen LogP contribution in [-0.4, -0.2) is 40.9 Å². The van der Waals surface area contributed by atoms with E-state index in [1.165, 1.54) is 14.2 Å². The standard InChI is InChI=1S/C12H18ClN3O4S/c1-8-6-10(11(20-3)7-9(8)13)16-12(17)15-4-5-21(18,19)14-2/h6-7,14H,4-5H2,1-3H3,(H2,15,16,17). The monoisotopic (exact) mass is 335 g/mol. The van der Waals surface area contributed by atoms with Crippen LogP contribution in [-0.2, 0) is 10.0 Å². The SMILES string of the molecule is CNS(=O)(=O)CCNC(=O)Nc1cc(C)c(Cl)cc1OC. The van der Waals surface area contributed by atoms with E-state index in [0.29, 0.717) is 16.5 Å². The van der Waals surface area contributed by atoms with Crippen LogP contribution in [0.4, 0.5) is 10.5 Å². The fourth-order valence-electron chi connectivity index (χ4n) is 1.50. The van der Waals surface area contributed by atoms with E-state index in [9.17, 15) is 13.2 Å². The number of urea groups is 1. The van der Waals surface area contributed by atoms with Crippen LogP contribution in [0.5, 0.6) is 5.75 Å². The second kappa shape index (κ2) is 7.48. The molecule has 3 N–H and O–H groups in total. The van der Waals surface area contributed by atoms with Crippen molar-refractivity contribution in [1.29, 1.82) is 0 Å². The normalized spacial score (nSPS) is 11.0. The third-order valence-corrected chi connectivity index (χ3v) is 4.47. The number of carbonyl (C=O) groups excluding carboxylic acids is 1. The topological polar surface area (TPSA) is 96.5 Å². The number of nitrogens with one attached hydrogen (secondary N) is 3. The highest BCUT2D eigenvalue weighted by Gasteiger charge is 2.11. The first-order valence-electron chi connectivity index (χ1n) is 6.09. The minimum Gasteiger partial charge on any atom is -0.495 e. The van der Waals surface area contributed by atoms with E-state index in [0.717, 1.165) is 5.56 Å². The summed E-state index contributed by atoms with van der Waals surface area (Å²) in [7, 11) is -0.570. The molecular formula is C12H18ClN3O4S. The zero-order valence-electron chi connectivity index (χ0n) is 12.0. The molecule has 1 aromatic rings. The molecule has 0 heterocycles. The Kier molecular flexibility index (Phi) is 6.25. The molecule has 0 aliphatic rings. The summed E-state index contributed by atoms with van der Waals surface area (Å²) in [6.45, 7) is 1.79. The molecule has 9 heteroatoms. The number of benzene rings is 1. The van der Waals surface area contributed by atoms with E-state index in [1.807, 2.05) is 0 Å². The fraction of sp³-hybridized carbons (Fsp3) is 0.417. The number of amides is 2. The zero-order chi connectivity index (χ0) is 16.0. The Labute approximate surface area is 129 Å². The molecule has 0 aliphatic carbocycles. The highest BCUT2D eigenvalue weighted by molar-refractivity contribution is 7.89. The van der Waals surface area contributed by atoms with Gasteiger partial charge in [0.25, 0.3) is 0 Å².